The molecule has 0 bridgehead atoms. The maximum absolute atomic E-state index is 2.59. The zero-order valence-corrected chi connectivity index (χ0v) is 9.71. The molecular weight excluding hydrogens is 158 g/mol. The first-order valence-corrected chi connectivity index (χ1v) is 5.83. The Labute approximate surface area is 83.5 Å². The summed E-state index contributed by atoms with van der Waals surface area (Å²) in [5.74, 6) is 0.866. The van der Waals surface area contributed by atoms with Crippen molar-refractivity contribution in [3.8, 4) is 0 Å². The summed E-state index contributed by atoms with van der Waals surface area (Å²) in [6, 6.07) is 1.68. The molecule has 0 spiro atoms. The van der Waals surface area contributed by atoms with E-state index in [1.165, 1.54) is 32.1 Å². The largest absolute Gasteiger partial charge is 0.301 e. The Hall–Kier alpha value is -0.0400. The molecule has 78 valence electrons. The standard InChI is InChI=1S/C12H25N/c1-10(2)8-9-12-7-5-6-11(3)13(12)4/h10-12H,5-9H2,1-4H3. The van der Waals surface area contributed by atoms with Crippen LogP contribution in [-0.4, -0.2) is 24.0 Å². The smallest absolute Gasteiger partial charge is 0.00951 e. The topological polar surface area (TPSA) is 3.24 Å². The van der Waals surface area contributed by atoms with Crippen molar-refractivity contribution in [2.45, 2.75) is 65.0 Å². The van der Waals surface area contributed by atoms with Gasteiger partial charge in [-0.1, -0.05) is 20.3 Å². The molecule has 1 fully saturated rings. The summed E-state index contributed by atoms with van der Waals surface area (Å²) in [6.45, 7) is 7.01. The summed E-state index contributed by atoms with van der Waals surface area (Å²) in [5.41, 5.74) is 0. The van der Waals surface area contributed by atoms with Gasteiger partial charge < -0.3 is 4.90 Å². The van der Waals surface area contributed by atoms with Crippen LogP contribution in [0.3, 0.4) is 0 Å². The highest BCUT2D eigenvalue weighted by atomic mass is 15.2. The van der Waals surface area contributed by atoms with E-state index < -0.39 is 0 Å². The molecule has 13 heavy (non-hydrogen) atoms. The van der Waals surface area contributed by atoms with Crippen LogP contribution in [0, 0.1) is 5.92 Å². The maximum Gasteiger partial charge on any atom is 0.00951 e. The van der Waals surface area contributed by atoms with E-state index in [0.29, 0.717) is 0 Å². The molecule has 0 radical (unpaired) electrons. The monoisotopic (exact) mass is 183 g/mol. The molecule has 0 aliphatic carbocycles. The molecule has 1 heteroatoms. The molecule has 1 nitrogen and oxygen atoms in total. The van der Waals surface area contributed by atoms with Crippen LogP contribution in [0.4, 0.5) is 0 Å². The van der Waals surface area contributed by atoms with E-state index in [4.69, 9.17) is 0 Å². The van der Waals surface area contributed by atoms with E-state index in [0.717, 1.165) is 18.0 Å². The van der Waals surface area contributed by atoms with Gasteiger partial charge in [0.15, 0.2) is 0 Å². The molecule has 1 heterocycles. The average Bonchev–Trinajstić information content (AvgIpc) is 2.07. The number of likely N-dealkylation sites (tertiary alicyclic amines) is 1. The molecule has 1 saturated heterocycles. The minimum atomic E-state index is 0.811. The third-order valence-corrected chi connectivity index (χ3v) is 3.51. The zero-order valence-electron chi connectivity index (χ0n) is 9.71. The molecule has 0 saturated carbocycles. The van der Waals surface area contributed by atoms with Crippen molar-refractivity contribution in [1.29, 1.82) is 0 Å². The summed E-state index contributed by atoms with van der Waals surface area (Å²) in [5, 5.41) is 0. The molecule has 0 aromatic carbocycles. The lowest BCUT2D eigenvalue weighted by Gasteiger charge is -2.38. The number of rotatable bonds is 3. The van der Waals surface area contributed by atoms with Crippen LogP contribution >= 0.6 is 0 Å². The summed E-state index contributed by atoms with van der Waals surface area (Å²) < 4.78 is 0. The highest BCUT2D eigenvalue weighted by Crippen LogP contribution is 2.24. The molecule has 0 amide bonds. The van der Waals surface area contributed by atoms with Crippen LogP contribution in [0.5, 0.6) is 0 Å². The van der Waals surface area contributed by atoms with Gasteiger partial charge in [-0.3, -0.25) is 0 Å². The summed E-state index contributed by atoms with van der Waals surface area (Å²) >= 11 is 0. The first-order valence-electron chi connectivity index (χ1n) is 5.83. The van der Waals surface area contributed by atoms with E-state index in [2.05, 4.69) is 32.7 Å². The third-order valence-electron chi connectivity index (χ3n) is 3.51. The van der Waals surface area contributed by atoms with Gasteiger partial charge in [0.05, 0.1) is 0 Å². The first-order chi connectivity index (χ1) is 6.11. The van der Waals surface area contributed by atoms with E-state index in [1.54, 1.807) is 0 Å². The average molecular weight is 183 g/mol. The van der Waals surface area contributed by atoms with Crippen LogP contribution in [0.2, 0.25) is 0 Å². The van der Waals surface area contributed by atoms with Gasteiger partial charge in [0.2, 0.25) is 0 Å². The Morgan fingerprint density at radius 1 is 1.31 bits per heavy atom. The lowest BCUT2D eigenvalue weighted by Crippen LogP contribution is -2.42. The number of hydrogen-bond donors (Lipinski definition) is 0. The second kappa shape index (κ2) is 4.99. The Bertz CT molecular complexity index is 142. The highest BCUT2D eigenvalue weighted by molar-refractivity contribution is 4.79. The number of piperidine rings is 1. The summed E-state index contributed by atoms with van der Waals surface area (Å²) in [4.78, 5) is 2.59. The molecule has 0 N–H and O–H groups in total. The van der Waals surface area contributed by atoms with Crippen LogP contribution in [0.25, 0.3) is 0 Å². The van der Waals surface area contributed by atoms with Gasteiger partial charge in [-0.25, -0.2) is 0 Å². The van der Waals surface area contributed by atoms with Crippen molar-refractivity contribution in [3.63, 3.8) is 0 Å². The fraction of sp³-hybridized carbons (Fsp3) is 1.00. The van der Waals surface area contributed by atoms with Gasteiger partial charge >= 0.3 is 0 Å². The summed E-state index contributed by atoms with van der Waals surface area (Å²) in [6.07, 6.45) is 7.05. The first kappa shape index (κ1) is 11.0. The zero-order chi connectivity index (χ0) is 9.84. The van der Waals surface area contributed by atoms with Crippen LogP contribution in [-0.2, 0) is 0 Å². The van der Waals surface area contributed by atoms with Crippen molar-refractivity contribution in [3.05, 3.63) is 0 Å². The molecule has 2 atom stereocenters. The fourth-order valence-electron chi connectivity index (χ4n) is 2.29. The van der Waals surface area contributed by atoms with Crippen LogP contribution in [0.1, 0.15) is 52.9 Å². The van der Waals surface area contributed by atoms with E-state index in [1.807, 2.05) is 0 Å². The van der Waals surface area contributed by atoms with E-state index >= 15 is 0 Å². The molecule has 2 unspecified atom stereocenters. The SMILES string of the molecule is CC(C)CCC1CCCC(C)N1C. The number of nitrogens with zero attached hydrogens (tertiary/aromatic N) is 1. The van der Waals surface area contributed by atoms with Crippen molar-refractivity contribution in [2.75, 3.05) is 7.05 Å². The lowest BCUT2D eigenvalue weighted by molar-refractivity contribution is 0.115. The Morgan fingerprint density at radius 2 is 2.00 bits per heavy atom. The Balaban J connectivity index is 2.31. The Morgan fingerprint density at radius 3 is 2.62 bits per heavy atom. The van der Waals surface area contributed by atoms with Crippen LogP contribution < -0.4 is 0 Å². The second-order valence-electron chi connectivity index (χ2n) is 5.07. The van der Waals surface area contributed by atoms with E-state index in [-0.39, 0.29) is 0 Å². The maximum atomic E-state index is 2.59. The van der Waals surface area contributed by atoms with Crippen molar-refractivity contribution >= 4 is 0 Å². The molecule has 1 rings (SSSR count). The quantitative estimate of drug-likeness (QED) is 0.649. The predicted molar refractivity (Wildman–Crippen MR) is 58.9 cm³/mol. The highest BCUT2D eigenvalue weighted by Gasteiger charge is 2.23. The van der Waals surface area contributed by atoms with Gasteiger partial charge in [0, 0.05) is 12.1 Å². The minimum absolute atomic E-state index is 0.811. The minimum Gasteiger partial charge on any atom is -0.301 e. The molecule has 0 aromatic rings. The fourth-order valence-corrected chi connectivity index (χ4v) is 2.29. The Kier molecular flexibility index (Phi) is 4.24. The van der Waals surface area contributed by atoms with Gasteiger partial charge in [0.1, 0.15) is 0 Å². The second-order valence-corrected chi connectivity index (χ2v) is 5.07. The van der Waals surface area contributed by atoms with Crippen molar-refractivity contribution in [2.24, 2.45) is 5.92 Å². The van der Waals surface area contributed by atoms with Crippen molar-refractivity contribution in [1.82, 2.24) is 4.90 Å². The van der Waals surface area contributed by atoms with Gasteiger partial charge in [-0.05, 0) is 45.6 Å². The molecule has 1 aliphatic rings. The van der Waals surface area contributed by atoms with E-state index in [9.17, 15) is 0 Å². The molecule has 0 aromatic heterocycles. The van der Waals surface area contributed by atoms with Crippen molar-refractivity contribution < 1.29 is 0 Å². The lowest BCUT2D eigenvalue weighted by atomic mass is 9.92. The molecular formula is C12H25N. The van der Waals surface area contributed by atoms with Gasteiger partial charge in [-0.2, -0.15) is 0 Å². The normalized spacial score (nSPS) is 31.2. The molecule has 1 aliphatic heterocycles. The summed E-state index contributed by atoms with van der Waals surface area (Å²) in [7, 11) is 2.30. The van der Waals surface area contributed by atoms with Crippen LogP contribution in [0.15, 0.2) is 0 Å². The number of hydrogen-bond acceptors (Lipinski definition) is 1. The van der Waals surface area contributed by atoms with Gasteiger partial charge in [0.25, 0.3) is 0 Å². The van der Waals surface area contributed by atoms with Gasteiger partial charge in [-0.15, -0.1) is 0 Å². The third kappa shape index (κ3) is 3.30. The predicted octanol–water partition coefficient (Wildman–Crippen LogP) is 3.30.